The van der Waals surface area contributed by atoms with E-state index in [-0.39, 0.29) is 5.92 Å². The number of rotatable bonds is 4. The van der Waals surface area contributed by atoms with Crippen LogP contribution >= 0.6 is 0 Å². The molecule has 1 aromatic heterocycles. The minimum Gasteiger partial charge on any atom is -0.354 e. The van der Waals surface area contributed by atoms with E-state index in [1.807, 2.05) is 6.07 Å². The van der Waals surface area contributed by atoms with Crippen LogP contribution < -0.4 is 5.73 Å². The fraction of sp³-hybridized carbons (Fsp3) is 0.300. The third-order valence-corrected chi connectivity index (χ3v) is 5.71. The van der Waals surface area contributed by atoms with Crippen molar-refractivity contribution in [3.63, 3.8) is 0 Å². The summed E-state index contributed by atoms with van der Waals surface area (Å²) in [6.45, 7) is 6.72. The highest BCUT2D eigenvalue weighted by Crippen LogP contribution is 2.37. The Bertz CT molecular complexity index is 1030. The van der Waals surface area contributed by atoms with Crippen LogP contribution in [-0.4, -0.2) is 26.2 Å². The molecular weight excluding hydrogens is 332 g/mol. The second-order valence-electron chi connectivity index (χ2n) is 6.91. The van der Waals surface area contributed by atoms with Crippen LogP contribution in [0, 0.1) is 13.8 Å². The highest BCUT2D eigenvalue weighted by Gasteiger charge is 2.20. The number of aromatic amines is 1. The molecular formula is C20H24N2O2S. The topological polar surface area (TPSA) is 76.0 Å². The number of hydrogen-bond donors (Lipinski definition) is 2. The zero-order valence-electron chi connectivity index (χ0n) is 15.1. The van der Waals surface area contributed by atoms with Crippen LogP contribution in [0.2, 0.25) is 0 Å². The maximum atomic E-state index is 12.0. The second kappa shape index (κ2) is 6.32. The molecule has 0 saturated carbocycles. The van der Waals surface area contributed by atoms with E-state index in [1.54, 1.807) is 12.1 Å². The smallest absolute Gasteiger partial charge is 0.175 e. The van der Waals surface area contributed by atoms with Crippen LogP contribution in [0.3, 0.4) is 0 Å². The van der Waals surface area contributed by atoms with E-state index in [0.717, 1.165) is 27.7 Å². The molecule has 1 heterocycles. The first-order valence-electron chi connectivity index (χ1n) is 8.35. The van der Waals surface area contributed by atoms with Gasteiger partial charge in [0.1, 0.15) is 0 Å². The molecule has 5 heteroatoms. The number of nitrogens with two attached hydrogens (primary N) is 1. The summed E-state index contributed by atoms with van der Waals surface area (Å²) in [5, 5.41) is 0.926. The van der Waals surface area contributed by atoms with Gasteiger partial charge in [0.05, 0.1) is 10.6 Å². The Balaban J connectivity index is 2.35. The van der Waals surface area contributed by atoms with E-state index in [1.165, 1.54) is 17.4 Å². The largest absolute Gasteiger partial charge is 0.354 e. The minimum absolute atomic E-state index is 0.111. The number of aryl methyl sites for hydroxylation is 2. The van der Waals surface area contributed by atoms with Gasteiger partial charge in [0.25, 0.3) is 0 Å². The van der Waals surface area contributed by atoms with Gasteiger partial charge >= 0.3 is 0 Å². The molecule has 0 saturated heterocycles. The summed E-state index contributed by atoms with van der Waals surface area (Å²) in [7, 11) is -3.26. The summed E-state index contributed by atoms with van der Waals surface area (Å²) in [6.07, 6.45) is 1.23. The van der Waals surface area contributed by atoms with Crippen molar-refractivity contribution < 1.29 is 8.42 Å². The van der Waals surface area contributed by atoms with Gasteiger partial charge in [0.15, 0.2) is 9.84 Å². The minimum atomic E-state index is -3.26. The average Bonchev–Trinajstić information content (AvgIpc) is 2.91. The standard InChI is InChI=1S/C20H24N2O2S/c1-12-7-13(2)9-15(8-12)20-19(14(3)11-21)17-10-16(25(4,23)24)5-6-18(17)22-20/h5-10,14,22H,11,21H2,1-4H3. The summed E-state index contributed by atoms with van der Waals surface area (Å²) >= 11 is 0. The molecule has 4 nitrogen and oxygen atoms in total. The molecule has 0 spiro atoms. The van der Waals surface area contributed by atoms with Crippen molar-refractivity contribution in [2.24, 2.45) is 5.73 Å². The van der Waals surface area contributed by atoms with Crippen LogP contribution in [0.1, 0.15) is 29.5 Å². The van der Waals surface area contributed by atoms with Crippen molar-refractivity contribution in [2.45, 2.75) is 31.6 Å². The Labute approximate surface area is 149 Å². The molecule has 0 aliphatic rings. The van der Waals surface area contributed by atoms with Gasteiger partial charge in [-0.05, 0) is 67.8 Å². The van der Waals surface area contributed by atoms with Crippen molar-refractivity contribution >= 4 is 20.7 Å². The molecule has 0 bridgehead atoms. The van der Waals surface area contributed by atoms with Gasteiger partial charge < -0.3 is 10.7 Å². The van der Waals surface area contributed by atoms with E-state index < -0.39 is 9.84 Å². The molecule has 0 aliphatic heterocycles. The molecule has 1 unspecified atom stereocenters. The molecule has 25 heavy (non-hydrogen) atoms. The lowest BCUT2D eigenvalue weighted by molar-refractivity contribution is 0.602. The Kier molecular flexibility index (Phi) is 4.47. The maximum Gasteiger partial charge on any atom is 0.175 e. The lowest BCUT2D eigenvalue weighted by atomic mass is 9.93. The van der Waals surface area contributed by atoms with Crippen LogP contribution in [-0.2, 0) is 9.84 Å². The number of nitrogens with one attached hydrogen (secondary N) is 1. The van der Waals surface area contributed by atoms with Crippen LogP contribution in [0.25, 0.3) is 22.2 Å². The van der Waals surface area contributed by atoms with E-state index in [9.17, 15) is 8.42 Å². The molecule has 3 rings (SSSR count). The number of fused-ring (bicyclic) bond motifs is 1. The Morgan fingerprint density at radius 3 is 2.28 bits per heavy atom. The third kappa shape index (κ3) is 3.34. The van der Waals surface area contributed by atoms with Crippen molar-refractivity contribution in [1.82, 2.24) is 4.98 Å². The Morgan fingerprint density at radius 1 is 1.08 bits per heavy atom. The fourth-order valence-corrected chi connectivity index (χ4v) is 4.05. The molecule has 3 N–H and O–H groups in total. The Hall–Kier alpha value is -2.11. The number of H-pyrrole nitrogens is 1. The zero-order chi connectivity index (χ0) is 18.4. The quantitative estimate of drug-likeness (QED) is 0.744. The third-order valence-electron chi connectivity index (χ3n) is 4.60. The highest BCUT2D eigenvalue weighted by molar-refractivity contribution is 7.90. The normalized spacial score (nSPS) is 13.3. The molecule has 0 fully saturated rings. The predicted octanol–water partition coefficient (Wildman–Crippen LogP) is 3.92. The summed E-state index contributed by atoms with van der Waals surface area (Å²) in [5.74, 6) is 0.111. The van der Waals surface area contributed by atoms with E-state index in [2.05, 4.69) is 44.0 Å². The van der Waals surface area contributed by atoms with Gasteiger partial charge in [-0.15, -0.1) is 0 Å². The average molecular weight is 356 g/mol. The number of sulfone groups is 1. The first kappa shape index (κ1) is 17.7. The fourth-order valence-electron chi connectivity index (χ4n) is 3.40. The molecule has 0 aliphatic carbocycles. The lowest BCUT2D eigenvalue weighted by Crippen LogP contribution is -2.09. The summed E-state index contributed by atoms with van der Waals surface area (Å²) in [4.78, 5) is 3.81. The van der Waals surface area contributed by atoms with Gasteiger partial charge in [-0.3, -0.25) is 0 Å². The van der Waals surface area contributed by atoms with Crippen molar-refractivity contribution in [3.8, 4) is 11.3 Å². The number of hydrogen-bond acceptors (Lipinski definition) is 3. The van der Waals surface area contributed by atoms with E-state index in [0.29, 0.717) is 11.4 Å². The SMILES string of the molecule is Cc1cc(C)cc(-c2[nH]c3ccc(S(C)(=O)=O)cc3c2C(C)CN)c1. The van der Waals surface area contributed by atoms with Crippen molar-refractivity contribution in [2.75, 3.05) is 12.8 Å². The maximum absolute atomic E-state index is 12.0. The molecule has 2 aromatic carbocycles. The van der Waals surface area contributed by atoms with Gasteiger partial charge in [0.2, 0.25) is 0 Å². The van der Waals surface area contributed by atoms with Gasteiger partial charge in [-0.2, -0.15) is 0 Å². The summed E-state index contributed by atoms with van der Waals surface area (Å²) < 4.78 is 23.9. The van der Waals surface area contributed by atoms with Crippen LogP contribution in [0.5, 0.6) is 0 Å². The van der Waals surface area contributed by atoms with Crippen LogP contribution in [0.15, 0.2) is 41.3 Å². The van der Waals surface area contributed by atoms with Gasteiger partial charge in [0, 0.05) is 17.2 Å². The Morgan fingerprint density at radius 2 is 1.72 bits per heavy atom. The van der Waals surface area contributed by atoms with Crippen molar-refractivity contribution in [3.05, 3.63) is 53.1 Å². The van der Waals surface area contributed by atoms with Crippen LogP contribution in [0.4, 0.5) is 0 Å². The molecule has 3 aromatic rings. The van der Waals surface area contributed by atoms with Gasteiger partial charge in [-0.25, -0.2) is 8.42 Å². The second-order valence-corrected chi connectivity index (χ2v) is 8.92. The summed E-state index contributed by atoms with van der Waals surface area (Å²) in [6, 6.07) is 11.7. The van der Waals surface area contributed by atoms with E-state index >= 15 is 0 Å². The number of aromatic nitrogens is 1. The van der Waals surface area contributed by atoms with Gasteiger partial charge in [-0.1, -0.05) is 24.1 Å². The van der Waals surface area contributed by atoms with E-state index in [4.69, 9.17) is 5.73 Å². The highest BCUT2D eigenvalue weighted by atomic mass is 32.2. The number of benzene rings is 2. The molecule has 0 amide bonds. The molecule has 0 radical (unpaired) electrons. The first-order chi connectivity index (χ1) is 11.7. The molecule has 132 valence electrons. The van der Waals surface area contributed by atoms with Crippen molar-refractivity contribution in [1.29, 1.82) is 0 Å². The molecule has 1 atom stereocenters. The lowest BCUT2D eigenvalue weighted by Gasteiger charge is -2.13. The zero-order valence-corrected chi connectivity index (χ0v) is 15.9. The summed E-state index contributed by atoms with van der Waals surface area (Å²) in [5.41, 5.74) is 12.5. The monoisotopic (exact) mass is 356 g/mol. The first-order valence-corrected chi connectivity index (χ1v) is 10.2. The predicted molar refractivity (Wildman–Crippen MR) is 104 cm³/mol.